The summed E-state index contributed by atoms with van der Waals surface area (Å²) in [6.07, 6.45) is 0. The summed E-state index contributed by atoms with van der Waals surface area (Å²) in [7, 11) is -3.55. The van der Waals surface area contributed by atoms with Gasteiger partial charge in [-0.15, -0.1) is 0 Å². The minimum Gasteiger partial charge on any atom is -0.422 e. The van der Waals surface area contributed by atoms with E-state index in [1.165, 1.54) is 0 Å². The van der Waals surface area contributed by atoms with Crippen molar-refractivity contribution in [3.8, 4) is 0 Å². The van der Waals surface area contributed by atoms with E-state index in [0.29, 0.717) is 0 Å². The molecule has 0 aromatic carbocycles. The second-order valence-electron chi connectivity index (χ2n) is 8.18. The maximum Gasteiger partial charge on any atom is 0.334 e. The van der Waals surface area contributed by atoms with Gasteiger partial charge in [0.05, 0.1) is 16.1 Å². The van der Waals surface area contributed by atoms with Gasteiger partial charge in [0.2, 0.25) is 0 Å². The molecule has 1 heterocycles. The Kier molecular flexibility index (Phi) is 2.99. The third-order valence-corrected chi connectivity index (χ3v) is 8.23. The number of esters is 2. The van der Waals surface area contributed by atoms with E-state index in [9.17, 15) is 9.59 Å². The SMILES string of the molecule is CC1(C)OC(=O)C2(C(=O)O1)C([Si](C)(C)C)=C2[Si](C)(C)C. The fraction of sp³-hybridized carbons (Fsp3) is 0.714. The maximum absolute atomic E-state index is 12.6. The molecular formula is C14H24O4Si2. The van der Waals surface area contributed by atoms with E-state index in [0.717, 1.165) is 10.4 Å². The number of hydrogen-bond acceptors (Lipinski definition) is 4. The standard InChI is InChI=1S/C14H24O4Si2/c1-13(2)17-11(15)14(12(16)18-13)9(19(3,4)5)10(14)20(6,7)8/h1-8H3. The van der Waals surface area contributed by atoms with Gasteiger partial charge in [-0.05, 0) is 0 Å². The van der Waals surface area contributed by atoms with Crippen LogP contribution in [0, 0.1) is 5.41 Å². The highest BCUT2D eigenvalue weighted by Gasteiger charge is 2.74. The number of ether oxygens (including phenoxy) is 2. The van der Waals surface area contributed by atoms with Crippen LogP contribution in [0.25, 0.3) is 0 Å². The quantitative estimate of drug-likeness (QED) is 0.447. The van der Waals surface area contributed by atoms with Crippen molar-refractivity contribution in [1.82, 2.24) is 0 Å². The number of cyclic esters (lactones) is 2. The lowest BCUT2D eigenvalue weighted by molar-refractivity contribution is -0.241. The first kappa shape index (κ1) is 15.5. The van der Waals surface area contributed by atoms with E-state index in [-0.39, 0.29) is 0 Å². The molecule has 1 spiro atoms. The minimum absolute atomic E-state index is 0.423. The summed E-state index contributed by atoms with van der Waals surface area (Å²) in [5.41, 5.74) is -1.16. The first-order valence-electron chi connectivity index (χ1n) is 6.97. The van der Waals surface area contributed by atoms with Crippen molar-refractivity contribution in [2.45, 2.75) is 58.9 Å². The van der Waals surface area contributed by atoms with Crippen molar-refractivity contribution in [1.29, 1.82) is 0 Å². The Balaban J connectivity index is 2.54. The van der Waals surface area contributed by atoms with Gasteiger partial charge in [0, 0.05) is 13.8 Å². The zero-order valence-corrected chi connectivity index (χ0v) is 15.6. The molecule has 112 valence electrons. The number of rotatable bonds is 2. The van der Waals surface area contributed by atoms with Crippen molar-refractivity contribution >= 4 is 28.1 Å². The lowest BCUT2D eigenvalue weighted by Crippen LogP contribution is -2.52. The molecule has 1 aliphatic carbocycles. The molecule has 1 fully saturated rings. The lowest BCUT2D eigenvalue weighted by Gasteiger charge is -2.36. The zero-order chi connectivity index (χ0) is 15.7. The Bertz CT molecular complexity index is 486. The summed E-state index contributed by atoms with van der Waals surface area (Å²) in [5.74, 6) is -2.00. The van der Waals surface area contributed by atoms with Gasteiger partial charge in [-0.2, -0.15) is 0 Å². The zero-order valence-electron chi connectivity index (χ0n) is 13.6. The van der Waals surface area contributed by atoms with E-state index in [2.05, 4.69) is 39.3 Å². The fourth-order valence-electron chi connectivity index (χ4n) is 3.27. The van der Waals surface area contributed by atoms with E-state index >= 15 is 0 Å². The Morgan fingerprint density at radius 3 is 1.30 bits per heavy atom. The molecule has 0 amide bonds. The van der Waals surface area contributed by atoms with Gasteiger partial charge >= 0.3 is 11.9 Å². The van der Waals surface area contributed by atoms with E-state index in [1.54, 1.807) is 13.8 Å². The normalized spacial score (nSPS) is 24.6. The molecule has 0 N–H and O–H groups in total. The van der Waals surface area contributed by atoms with Gasteiger partial charge in [0.1, 0.15) is 0 Å². The van der Waals surface area contributed by atoms with Crippen LogP contribution in [0.15, 0.2) is 10.4 Å². The van der Waals surface area contributed by atoms with E-state index in [1.807, 2.05) is 0 Å². The number of carbonyl (C=O) groups excluding carboxylic acids is 2. The fourth-order valence-corrected chi connectivity index (χ4v) is 10.3. The van der Waals surface area contributed by atoms with Crippen molar-refractivity contribution in [2.75, 3.05) is 0 Å². The number of carbonyl (C=O) groups is 2. The first-order chi connectivity index (χ1) is 8.74. The molecule has 6 heteroatoms. The summed E-state index contributed by atoms with van der Waals surface area (Å²) in [4.78, 5) is 25.2. The van der Waals surface area contributed by atoms with Crippen LogP contribution >= 0.6 is 0 Å². The van der Waals surface area contributed by atoms with Gasteiger partial charge in [0.25, 0.3) is 5.79 Å². The van der Waals surface area contributed by atoms with Gasteiger partial charge in [-0.3, -0.25) is 9.59 Å². The van der Waals surface area contributed by atoms with Crippen molar-refractivity contribution in [3.05, 3.63) is 10.4 Å². The summed E-state index contributed by atoms with van der Waals surface area (Å²) in [6, 6.07) is 0. The molecule has 4 nitrogen and oxygen atoms in total. The highest BCUT2D eigenvalue weighted by molar-refractivity contribution is 6.94. The smallest absolute Gasteiger partial charge is 0.334 e. The summed E-state index contributed by atoms with van der Waals surface area (Å²) in [6.45, 7) is 16.2. The Morgan fingerprint density at radius 2 is 1.05 bits per heavy atom. The maximum atomic E-state index is 12.6. The van der Waals surface area contributed by atoms with Gasteiger partial charge in [-0.25, -0.2) is 0 Å². The second kappa shape index (κ2) is 3.85. The summed E-state index contributed by atoms with van der Waals surface area (Å²) in [5, 5.41) is 2.10. The minimum atomic E-state index is -1.77. The molecule has 1 aliphatic heterocycles. The highest BCUT2D eigenvalue weighted by atomic mass is 28.3. The lowest BCUT2D eigenvalue weighted by atomic mass is 10.0. The topological polar surface area (TPSA) is 52.6 Å². The number of hydrogen-bond donors (Lipinski definition) is 0. The molecule has 2 aliphatic rings. The van der Waals surface area contributed by atoms with Crippen LogP contribution < -0.4 is 0 Å². The predicted octanol–water partition coefficient (Wildman–Crippen LogP) is 2.87. The van der Waals surface area contributed by atoms with Crippen molar-refractivity contribution in [2.24, 2.45) is 5.41 Å². The highest BCUT2D eigenvalue weighted by Crippen LogP contribution is 2.63. The molecule has 0 aromatic rings. The third-order valence-electron chi connectivity index (χ3n) is 3.73. The van der Waals surface area contributed by atoms with Crippen molar-refractivity contribution < 1.29 is 19.1 Å². The molecule has 0 saturated carbocycles. The molecule has 0 atom stereocenters. The molecule has 0 radical (unpaired) electrons. The Morgan fingerprint density at radius 1 is 0.750 bits per heavy atom. The monoisotopic (exact) mass is 312 g/mol. The largest absolute Gasteiger partial charge is 0.422 e. The van der Waals surface area contributed by atoms with Gasteiger partial charge < -0.3 is 9.47 Å². The Labute approximate surface area is 122 Å². The van der Waals surface area contributed by atoms with Crippen molar-refractivity contribution in [3.63, 3.8) is 0 Å². The third kappa shape index (κ3) is 2.00. The molecule has 1 saturated heterocycles. The van der Waals surface area contributed by atoms with Gasteiger partial charge in [-0.1, -0.05) is 49.7 Å². The van der Waals surface area contributed by atoms with Crippen LogP contribution in [0.1, 0.15) is 13.8 Å². The molecule has 0 bridgehead atoms. The molecule has 20 heavy (non-hydrogen) atoms. The van der Waals surface area contributed by atoms with Crippen LogP contribution in [-0.2, 0) is 19.1 Å². The molecule has 0 unspecified atom stereocenters. The Hall–Kier alpha value is -0.886. The molecular weight excluding hydrogens is 288 g/mol. The van der Waals surface area contributed by atoms with E-state index in [4.69, 9.17) is 9.47 Å². The summed E-state index contributed by atoms with van der Waals surface area (Å²) >= 11 is 0. The van der Waals surface area contributed by atoms with Crippen LogP contribution in [0.3, 0.4) is 0 Å². The predicted molar refractivity (Wildman–Crippen MR) is 82.4 cm³/mol. The summed E-state index contributed by atoms with van der Waals surface area (Å²) < 4.78 is 10.8. The first-order valence-corrected chi connectivity index (χ1v) is 14.0. The van der Waals surface area contributed by atoms with Gasteiger partial charge in [0.15, 0.2) is 5.41 Å². The average Bonchev–Trinajstić information content (AvgIpc) is 2.82. The van der Waals surface area contributed by atoms with Crippen LogP contribution in [-0.4, -0.2) is 33.9 Å². The van der Waals surface area contributed by atoms with E-state index < -0.39 is 39.3 Å². The van der Waals surface area contributed by atoms with Crippen LogP contribution in [0.5, 0.6) is 0 Å². The van der Waals surface area contributed by atoms with Crippen LogP contribution in [0.2, 0.25) is 39.3 Å². The average molecular weight is 313 g/mol. The molecule has 2 rings (SSSR count). The van der Waals surface area contributed by atoms with Crippen LogP contribution in [0.4, 0.5) is 0 Å². The second-order valence-corrected chi connectivity index (χ2v) is 18.2. The molecule has 0 aromatic heterocycles.